The Hall–Kier alpha value is -2.95. The number of aromatic nitrogens is 2. The van der Waals surface area contributed by atoms with Crippen molar-refractivity contribution < 1.29 is 4.79 Å². The molecule has 5 nitrogen and oxygen atoms in total. The topological polar surface area (TPSA) is 66.9 Å². The van der Waals surface area contributed by atoms with Crippen LogP contribution in [0.2, 0.25) is 0 Å². The van der Waals surface area contributed by atoms with Gasteiger partial charge in [0, 0.05) is 35.4 Å². The molecule has 0 aliphatic heterocycles. The summed E-state index contributed by atoms with van der Waals surface area (Å²) in [6.45, 7) is 4.55. The number of nitrogens with one attached hydrogen (secondary N) is 2. The molecule has 1 aromatic carbocycles. The summed E-state index contributed by atoms with van der Waals surface area (Å²) < 4.78 is 0. The molecule has 5 heteroatoms. The first-order valence-electron chi connectivity index (χ1n) is 8.52. The smallest absolute Gasteiger partial charge is 0.319 e. The van der Waals surface area contributed by atoms with Crippen molar-refractivity contribution in [2.24, 2.45) is 0 Å². The van der Waals surface area contributed by atoms with E-state index in [1.165, 1.54) is 0 Å². The molecule has 0 saturated carbocycles. The fraction of sp³-hybridized carbons (Fsp3) is 0.250. The molecule has 2 amide bonds. The van der Waals surface area contributed by atoms with Crippen LogP contribution in [0, 0.1) is 6.92 Å². The van der Waals surface area contributed by atoms with Crippen molar-refractivity contribution in [1.29, 1.82) is 0 Å². The van der Waals surface area contributed by atoms with E-state index in [9.17, 15) is 4.79 Å². The number of rotatable bonds is 5. The van der Waals surface area contributed by atoms with E-state index in [0.717, 1.165) is 40.1 Å². The Morgan fingerprint density at radius 1 is 1.04 bits per heavy atom. The molecule has 2 N–H and O–H groups in total. The maximum Gasteiger partial charge on any atom is 0.319 e. The molecule has 2 heterocycles. The van der Waals surface area contributed by atoms with Gasteiger partial charge in [0.1, 0.15) is 0 Å². The molecule has 0 aliphatic carbocycles. The Morgan fingerprint density at radius 2 is 1.88 bits per heavy atom. The minimum Gasteiger partial charge on any atom is -0.337 e. The van der Waals surface area contributed by atoms with Crippen molar-refractivity contribution in [3.05, 3.63) is 65.6 Å². The lowest BCUT2D eigenvalue weighted by Crippen LogP contribution is -2.30. The van der Waals surface area contributed by atoms with Crippen LogP contribution in [0.4, 0.5) is 10.5 Å². The van der Waals surface area contributed by atoms with E-state index in [1.54, 1.807) is 0 Å². The summed E-state index contributed by atoms with van der Waals surface area (Å²) in [5.74, 6) is 0. The van der Waals surface area contributed by atoms with E-state index in [2.05, 4.69) is 27.5 Å². The van der Waals surface area contributed by atoms with Crippen molar-refractivity contribution in [2.75, 3.05) is 11.9 Å². The SMILES string of the molecule is CCc1cc(NC(=O)NCCc2cccc(C)n2)c2ccccc2n1. The zero-order valence-electron chi connectivity index (χ0n) is 14.5. The number of benzene rings is 1. The van der Waals surface area contributed by atoms with Crippen molar-refractivity contribution in [3.8, 4) is 0 Å². The molecule has 0 unspecified atom stereocenters. The first-order valence-corrected chi connectivity index (χ1v) is 8.52. The van der Waals surface area contributed by atoms with Crippen LogP contribution in [0.15, 0.2) is 48.5 Å². The highest BCUT2D eigenvalue weighted by Crippen LogP contribution is 2.23. The van der Waals surface area contributed by atoms with E-state index < -0.39 is 0 Å². The van der Waals surface area contributed by atoms with E-state index in [4.69, 9.17) is 0 Å². The molecular weight excluding hydrogens is 312 g/mol. The number of anilines is 1. The number of hydrogen-bond acceptors (Lipinski definition) is 3. The number of pyridine rings is 2. The molecule has 2 aromatic heterocycles. The molecule has 25 heavy (non-hydrogen) atoms. The second-order valence-electron chi connectivity index (χ2n) is 5.93. The predicted octanol–water partition coefficient (Wildman–Crippen LogP) is 3.86. The zero-order chi connectivity index (χ0) is 17.6. The van der Waals surface area contributed by atoms with Gasteiger partial charge in [0.05, 0.1) is 11.2 Å². The maximum atomic E-state index is 12.2. The van der Waals surface area contributed by atoms with Crippen LogP contribution in [0.25, 0.3) is 10.9 Å². The standard InChI is InChI=1S/C20H22N4O/c1-3-15-13-19(17-9-4-5-10-18(17)23-15)24-20(25)21-12-11-16-8-6-7-14(2)22-16/h4-10,13H,3,11-12H2,1-2H3,(H2,21,23,24,25). The van der Waals surface area contributed by atoms with E-state index in [1.807, 2.05) is 55.5 Å². The van der Waals surface area contributed by atoms with E-state index >= 15 is 0 Å². The van der Waals surface area contributed by atoms with Crippen LogP contribution in [0.1, 0.15) is 24.0 Å². The Morgan fingerprint density at radius 3 is 2.68 bits per heavy atom. The number of para-hydroxylation sites is 1. The average molecular weight is 334 g/mol. The number of carbonyl (C=O) groups is 1. The van der Waals surface area contributed by atoms with Gasteiger partial charge in [0.25, 0.3) is 0 Å². The van der Waals surface area contributed by atoms with Crippen LogP contribution in [-0.4, -0.2) is 22.5 Å². The van der Waals surface area contributed by atoms with Gasteiger partial charge in [0.15, 0.2) is 0 Å². The van der Waals surface area contributed by atoms with Gasteiger partial charge in [-0.15, -0.1) is 0 Å². The largest absolute Gasteiger partial charge is 0.337 e. The fourth-order valence-corrected chi connectivity index (χ4v) is 2.72. The number of amides is 2. The Balaban J connectivity index is 1.65. The molecule has 3 rings (SSSR count). The van der Waals surface area contributed by atoms with Gasteiger partial charge in [-0.3, -0.25) is 9.97 Å². The number of carbonyl (C=O) groups excluding carboxylic acids is 1. The number of aryl methyl sites for hydroxylation is 2. The lowest BCUT2D eigenvalue weighted by molar-refractivity contribution is 0.252. The minimum atomic E-state index is -0.217. The van der Waals surface area contributed by atoms with Gasteiger partial charge in [-0.25, -0.2) is 4.79 Å². The summed E-state index contributed by atoms with van der Waals surface area (Å²) in [5.41, 5.74) is 4.59. The third kappa shape index (κ3) is 4.32. The summed E-state index contributed by atoms with van der Waals surface area (Å²) in [6, 6.07) is 15.5. The number of nitrogens with zero attached hydrogens (tertiary/aromatic N) is 2. The Kier molecular flexibility index (Phi) is 5.23. The molecule has 0 atom stereocenters. The lowest BCUT2D eigenvalue weighted by Gasteiger charge is -2.11. The third-order valence-electron chi connectivity index (χ3n) is 3.99. The monoisotopic (exact) mass is 334 g/mol. The van der Waals surface area contributed by atoms with Gasteiger partial charge in [-0.05, 0) is 37.6 Å². The molecule has 0 radical (unpaired) electrons. The molecule has 3 aromatic rings. The second kappa shape index (κ2) is 7.75. The average Bonchev–Trinajstić information content (AvgIpc) is 2.61. The summed E-state index contributed by atoms with van der Waals surface area (Å²) >= 11 is 0. The first kappa shape index (κ1) is 16.9. The molecule has 128 valence electrons. The van der Waals surface area contributed by atoms with Gasteiger partial charge < -0.3 is 10.6 Å². The zero-order valence-corrected chi connectivity index (χ0v) is 14.5. The van der Waals surface area contributed by atoms with Gasteiger partial charge >= 0.3 is 6.03 Å². The van der Waals surface area contributed by atoms with Crippen molar-refractivity contribution >= 4 is 22.6 Å². The van der Waals surface area contributed by atoms with Crippen LogP contribution in [-0.2, 0) is 12.8 Å². The van der Waals surface area contributed by atoms with Crippen molar-refractivity contribution in [3.63, 3.8) is 0 Å². The summed E-state index contributed by atoms with van der Waals surface area (Å²) in [4.78, 5) is 21.3. The molecular formula is C20H22N4O. The number of fused-ring (bicyclic) bond motifs is 1. The normalized spacial score (nSPS) is 10.6. The highest BCUT2D eigenvalue weighted by Gasteiger charge is 2.08. The summed E-state index contributed by atoms with van der Waals surface area (Å²) in [7, 11) is 0. The molecule has 0 fully saturated rings. The highest BCUT2D eigenvalue weighted by molar-refractivity contribution is 6.00. The fourth-order valence-electron chi connectivity index (χ4n) is 2.72. The van der Waals surface area contributed by atoms with Crippen LogP contribution >= 0.6 is 0 Å². The molecule has 0 spiro atoms. The van der Waals surface area contributed by atoms with Crippen molar-refractivity contribution in [2.45, 2.75) is 26.7 Å². The Bertz CT molecular complexity index is 892. The number of hydrogen-bond donors (Lipinski definition) is 2. The summed E-state index contributed by atoms with van der Waals surface area (Å²) in [5, 5.41) is 6.78. The predicted molar refractivity (Wildman–Crippen MR) is 101 cm³/mol. The van der Waals surface area contributed by atoms with Gasteiger partial charge in [-0.1, -0.05) is 31.2 Å². The lowest BCUT2D eigenvalue weighted by atomic mass is 10.1. The first-order chi connectivity index (χ1) is 12.2. The second-order valence-corrected chi connectivity index (χ2v) is 5.93. The highest BCUT2D eigenvalue weighted by atomic mass is 16.2. The van der Waals surface area contributed by atoms with Crippen LogP contribution in [0.3, 0.4) is 0 Å². The van der Waals surface area contributed by atoms with E-state index in [-0.39, 0.29) is 6.03 Å². The molecule has 0 aliphatic rings. The van der Waals surface area contributed by atoms with Crippen molar-refractivity contribution in [1.82, 2.24) is 15.3 Å². The Labute approximate surface area is 147 Å². The quantitative estimate of drug-likeness (QED) is 0.744. The van der Waals surface area contributed by atoms with Gasteiger partial charge in [-0.2, -0.15) is 0 Å². The minimum absolute atomic E-state index is 0.217. The van der Waals surface area contributed by atoms with E-state index in [0.29, 0.717) is 13.0 Å². The number of urea groups is 1. The van der Waals surface area contributed by atoms with Crippen LogP contribution in [0.5, 0.6) is 0 Å². The van der Waals surface area contributed by atoms with Crippen LogP contribution < -0.4 is 10.6 Å². The molecule has 0 bridgehead atoms. The third-order valence-corrected chi connectivity index (χ3v) is 3.99. The van der Waals surface area contributed by atoms with Gasteiger partial charge in [0.2, 0.25) is 0 Å². The summed E-state index contributed by atoms with van der Waals surface area (Å²) in [6.07, 6.45) is 1.52. The molecule has 0 saturated heterocycles. The maximum absolute atomic E-state index is 12.2.